The topological polar surface area (TPSA) is 60.4 Å². The van der Waals surface area contributed by atoms with Gasteiger partial charge in [0.05, 0.1) is 27.7 Å². The average Bonchev–Trinajstić information content (AvgIpc) is 3.31. The van der Waals surface area contributed by atoms with E-state index in [4.69, 9.17) is 4.74 Å². The molecule has 0 N–H and O–H groups in total. The van der Waals surface area contributed by atoms with Crippen LogP contribution in [0.25, 0.3) is 10.8 Å². The monoisotopic (exact) mass is 378 g/mol. The van der Waals surface area contributed by atoms with Crippen LogP contribution in [0.3, 0.4) is 0 Å². The van der Waals surface area contributed by atoms with Crippen LogP contribution in [-0.4, -0.2) is 22.9 Å². The van der Waals surface area contributed by atoms with Gasteiger partial charge in [-0.25, -0.2) is 4.21 Å². The molecule has 0 saturated heterocycles. The molecule has 0 aliphatic heterocycles. The third-order valence-corrected chi connectivity index (χ3v) is 7.57. The van der Waals surface area contributed by atoms with E-state index in [1.54, 1.807) is 6.07 Å². The van der Waals surface area contributed by atoms with Crippen LogP contribution in [0.2, 0.25) is 0 Å². The molecule has 0 amide bonds. The third-order valence-electron chi connectivity index (χ3n) is 6.06. The van der Waals surface area contributed by atoms with Crippen molar-refractivity contribution in [3.05, 3.63) is 59.5 Å². The highest BCUT2D eigenvalue weighted by Gasteiger charge is 2.54. The highest BCUT2D eigenvalue weighted by Crippen LogP contribution is 2.52. The van der Waals surface area contributed by atoms with Gasteiger partial charge in [0.25, 0.3) is 0 Å². The lowest BCUT2D eigenvalue weighted by Crippen LogP contribution is -2.38. The SMILES string of the molecule is COc1ccc2ccccc2c1S(=O)C1=CC(=O)[C@@H]2[C@H](C1=O)[C@@H]1C=C[C@H]2C1. The van der Waals surface area contributed by atoms with Crippen molar-refractivity contribution in [2.75, 3.05) is 7.11 Å². The minimum atomic E-state index is -1.78. The minimum Gasteiger partial charge on any atom is -0.495 e. The number of allylic oxidation sites excluding steroid dienone is 4. The number of methoxy groups -OCH3 is 1. The molecule has 1 fully saturated rings. The standard InChI is InChI=1S/C22H18O4S/c1-26-17-9-8-12-4-2-3-5-15(12)22(17)27(25)18-11-16(23)19-13-6-7-14(10-13)20(19)21(18)24/h2-9,11,13-14,19-20H,10H2,1H3/t13-,14+,19+,20+,27?/m0/s1. The van der Waals surface area contributed by atoms with E-state index in [0.717, 1.165) is 17.2 Å². The van der Waals surface area contributed by atoms with E-state index < -0.39 is 10.8 Å². The first-order chi connectivity index (χ1) is 13.1. The Hall–Kier alpha value is -2.53. The number of ketones is 2. The highest BCUT2D eigenvalue weighted by molar-refractivity contribution is 7.90. The number of fused-ring (bicyclic) bond motifs is 6. The van der Waals surface area contributed by atoms with Gasteiger partial charge in [-0.3, -0.25) is 9.59 Å². The molecular formula is C22H18O4S. The van der Waals surface area contributed by atoms with Crippen LogP contribution < -0.4 is 4.74 Å². The zero-order valence-corrected chi connectivity index (χ0v) is 15.6. The van der Waals surface area contributed by atoms with Crippen LogP contribution in [0.1, 0.15) is 6.42 Å². The van der Waals surface area contributed by atoms with Crippen molar-refractivity contribution in [3.63, 3.8) is 0 Å². The summed E-state index contributed by atoms with van der Waals surface area (Å²) in [6.45, 7) is 0. The molecular weight excluding hydrogens is 360 g/mol. The second-order valence-corrected chi connectivity index (χ2v) is 8.75. The Balaban J connectivity index is 1.64. The van der Waals surface area contributed by atoms with Crippen LogP contribution in [0, 0.1) is 23.7 Å². The zero-order valence-electron chi connectivity index (χ0n) is 14.8. The highest BCUT2D eigenvalue weighted by atomic mass is 32.2. The van der Waals surface area contributed by atoms with Crippen molar-refractivity contribution in [2.24, 2.45) is 23.7 Å². The van der Waals surface area contributed by atoms with Crippen molar-refractivity contribution >= 4 is 33.1 Å². The number of rotatable bonds is 3. The zero-order chi connectivity index (χ0) is 18.7. The number of hydrogen-bond acceptors (Lipinski definition) is 4. The molecule has 2 aromatic rings. The predicted molar refractivity (Wildman–Crippen MR) is 103 cm³/mol. The van der Waals surface area contributed by atoms with Gasteiger partial charge in [0, 0.05) is 23.3 Å². The summed E-state index contributed by atoms with van der Waals surface area (Å²) in [7, 11) is -0.259. The summed E-state index contributed by atoms with van der Waals surface area (Å²) >= 11 is 0. The molecule has 3 aliphatic rings. The summed E-state index contributed by atoms with van der Waals surface area (Å²) in [6.07, 6.45) is 6.27. The van der Waals surface area contributed by atoms with Crippen molar-refractivity contribution in [3.8, 4) is 5.75 Å². The smallest absolute Gasteiger partial charge is 0.176 e. The molecule has 1 unspecified atom stereocenters. The van der Waals surface area contributed by atoms with Crippen LogP contribution in [-0.2, 0) is 20.4 Å². The number of ether oxygens (including phenoxy) is 1. The first-order valence-electron chi connectivity index (χ1n) is 9.05. The summed E-state index contributed by atoms with van der Waals surface area (Å²) in [5.74, 6) is -0.159. The van der Waals surface area contributed by atoms with Crippen molar-refractivity contribution in [1.29, 1.82) is 0 Å². The van der Waals surface area contributed by atoms with Crippen LogP contribution in [0.5, 0.6) is 5.75 Å². The van der Waals surface area contributed by atoms with Gasteiger partial charge in [-0.15, -0.1) is 0 Å². The fourth-order valence-corrected chi connectivity index (χ4v) is 6.34. The molecule has 27 heavy (non-hydrogen) atoms. The average molecular weight is 378 g/mol. The van der Waals surface area contributed by atoms with Crippen LogP contribution in [0.15, 0.2) is 64.4 Å². The maximum Gasteiger partial charge on any atom is 0.176 e. The van der Waals surface area contributed by atoms with E-state index in [1.165, 1.54) is 13.2 Å². The number of benzene rings is 2. The molecule has 0 spiro atoms. The Morgan fingerprint density at radius 2 is 1.74 bits per heavy atom. The quantitative estimate of drug-likeness (QED) is 0.768. The minimum absolute atomic E-state index is 0.0704. The molecule has 1 saturated carbocycles. The maximum absolute atomic E-state index is 13.5. The molecule has 3 aliphatic carbocycles. The summed E-state index contributed by atoms with van der Waals surface area (Å²) < 4.78 is 19.0. The van der Waals surface area contributed by atoms with Crippen molar-refractivity contribution < 1.29 is 18.5 Å². The molecule has 2 aromatic carbocycles. The number of hydrogen-bond donors (Lipinski definition) is 0. The lowest BCUT2D eigenvalue weighted by atomic mass is 9.75. The van der Waals surface area contributed by atoms with Gasteiger partial charge >= 0.3 is 0 Å². The Morgan fingerprint density at radius 3 is 2.52 bits per heavy atom. The van der Waals surface area contributed by atoms with Gasteiger partial charge < -0.3 is 4.74 Å². The van der Waals surface area contributed by atoms with Crippen molar-refractivity contribution in [2.45, 2.75) is 11.3 Å². The van der Waals surface area contributed by atoms with E-state index in [-0.39, 0.29) is 40.1 Å². The number of carbonyl (C=O) groups is 2. The van der Waals surface area contributed by atoms with Gasteiger partial charge in [-0.2, -0.15) is 0 Å². The largest absolute Gasteiger partial charge is 0.495 e. The summed E-state index contributed by atoms with van der Waals surface area (Å²) in [5, 5.41) is 1.68. The van der Waals surface area contributed by atoms with Gasteiger partial charge in [0.15, 0.2) is 11.6 Å². The molecule has 136 valence electrons. The Labute approximate surface area is 159 Å². The molecule has 5 atom stereocenters. The molecule has 0 aromatic heterocycles. The van der Waals surface area contributed by atoms with E-state index in [1.807, 2.05) is 36.4 Å². The van der Waals surface area contributed by atoms with Gasteiger partial charge in [0.2, 0.25) is 0 Å². The Bertz CT molecular complexity index is 1080. The number of carbonyl (C=O) groups excluding carboxylic acids is 2. The molecule has 0 radical (unpaired) electrons. The maximum atomic E-state index is 13.5. The number of Topliss-reactive ketones (excluding diaryl/α,β-unsaturated/α-hetero) is 1. The van der Waals surface area contributed by atoms with E-state index in [2.05, 4.69) is 6.08 Å². The first-order valence-corrected chi connectivity index (χ1v) is 10.2. The first kappa shape index (κ1) is 16.6. The fraction of sp³-hybridized carbons (Fsp3) is 0.273. The third kappa shape index (κ3) is 2.31. The normalized spacial score (nSPS) is 29.7. The second-order valence-electron chi connectivity index (χ2n) is 7.36. The lowest BCUT2D eigenvalue weighted by molar-refractivity contribution is -0.129. The van der Waals surface area contributed by atoms with E-state index in [9.17, 15) is 13.8 Å². The van der Waals surface area contributed by atoms with Gasteiger partial charge in [0.1, 0.15) is 5.75 Å². The Morgan fingerprint density at radius 1 is 1.00 bits per heavy atom. The van der Waals surface area contributed by atoms with Crippen LogP contribution >= 0.6 is 0 Å². The molecule has 4 nitrogen and oxygen atoms in total. The fourth-order valence-electron chi connectivity index (χ4n) is 4.86. The van der Waals surface area contributed by atoms with E-state index in [0.29, 0.717) is 10.6 Å². The molecule has 5 rings (SSSR count). The van der Waals surface area contributed by atoms with Crippen LogP contribution in [0.4, 0.5) is 0 Å². The summed E-state index contributed by atoms with van der Waals surface area (Å²) in [6, 6.07) is 11.2. The molecule has 2 bridgehead atoms. The van der Waals surface area contributed by atoms with Gasteiger partial charge in [-0.05, 0) is 29.7 Å². The van der Waals surface area contributed by atoms with Crippen molar-refractivity contribution in [1.82, 2.24) is 0 Å². The molecule has 0 heterocycles. The van der Waals surface area contributed by atoms with Gasteiger partial charge in [-0.1, -0.05) is 42.5 Å². The van der Waals surface area contributed by atoms with E-state index >= 15 is 0 Å². The molecule has 5 heteroatoms. The Kier molecular flexibility index (Phi) is 3.69. The summed E-state index contributed by atoms with van der Waals surface area (Å²) in [4.78, 5) is 26.5. The second kappa shape index (κ2) is 5.99. The predicted octanol–water partition coefficient (Wildman–Crippen LogP) is 3.43. The lowest BCUT2D eigenvalue weighted by Gasteiger charge is -2.29. The summed E-state index contributed by atoms with van der Waals surface area (Å²) in [5.41, 5.74) is 0.